The minimum atomic E-state index is 0. The van der Waals surface area contributed by atoms with Crippen molar-refractivity contribution in [3.8, 4) is 0 Å². The lowest BCUT2D eigenvalue weighted by atomic mass is 9.89. The van der Waals surface area contributed by atoms with Gasteiger partial charge in [0, 0.05) is 25.9 Å². The van der Waals surface area contributed by atoms with Crippen molar-refractivity contribution >= 4 is 29.9 Å². The number of halogens is 1. The maximum absolute atomic E-state index is 5.56. The van der Waals surface area contributed by atoms with Gasteiger partial charge < -0.3 is 15.4 Å². The number of hydrogen-bond acceptors (Lipinski definition) is 3. The van der Waals surface area contributed by atoms with E-state index in [2.05, 4.69) is 48.3 Å². The molecule has 1 rings (SSSR count). The van der Waals surface area contributed by atoms with E-state index in [0.717, 1.165) is 23.9 Å². The summed E-state index contributed by atoms with van der Waals surface area (Å²) in [5, 5.41) is 6.60. The molecule has 0 bridgehead atoms. The van der Waals surface area contributed by atoms with E-state index in [1.807, 2.05) is 25.1 Å². The number of methoxy groups -OCH3 is 1. The second-order valence-corrected chi connectivity index (χ2v) is 6.44. The van der Waals surface area contributed by atoms with Crippen LogP contribution in [0.2, 0.25) is 0 Å². The summed E-state index contributed by atoms with van der Waals surface area (Å²) in [6.45, 7) is 12.6. The van der Waals surface area contributed by atoms with Crippen molar-refractivity contribution in [1.82, 2.24) is 15.6 Å². The molecule has 1 atom stereocenters. The van der Waals surface area contributed by atoms with Crippen LogP contribution in [0.15, 0.2) is 23.2 Å². The Balaban J connectivity index is 0.00000484. The van der Waals surface area contributed by atoms with Gasteiger partial charge in [-0.05, 0) is 31.4 Å². The third-order valence-electron chi connectivity index (χ3n) is 3.39. The van der Waals surface area contributed by atoms with Crippen LogP contribution in [0, 0.1) is 12.3 Å². The molecule has 0 aromatic carbocycles. The highest BCUT2D eigenvalue weighted by molar-refractivity contribution is 14.0. The van der Waals surface area contributed by atoms with Crippen LogP contribution in [0.1, 0.15) is 39.1 Å². The van der Waals surface area contributed by atoms with Gasteiger partial charge in [0.25, 0.3) is 0 Å². The molecular formula is C17H31IN4O. The zero-order valence-electron chi connectivity index (χ0n) is 15.1. The Labute approximate surface area is 157 Å². The predicted octanol–water partition coefficient (Wildman–Crippen LogP) is 3.12. The zero-order valence-corrected chi connectivity index (χ0v) is 17.5. The van der Waals surface area contributed by atoms with Crippen molar-refractivity contribution in [2.45, 2.75) is 47.3 Å². The Morgan fingerprint density at radius 3 is 2.52 bits per heavy atom. The summed E-state index contributed by atoms with van der Waals surface area (Å²) in [6, 6.07) is 5.99. The van der Waals surface area contributed by atoms with E-state index in [4.69, 9.17) is 4.74 Å². The fourth-order valence-electron chi connectivity index (χ4n) is 2.12. The van der Waals surface area contributed by atoms with Crippen LogP contribution in [0.25, 0.3) is 0 Å². The summed E-state index contributed by atoms with van der Waals surface area (Å²) < 4.78 is 5.56. The Kier molecular flexibility index (Phi) is 10.4. The molecule has 0 radical (unpaired) electrons. The van der Waals surface area contributed by atoms with Gasteiger partial charge in [0.05, 0.1) is 18.3 Å². The Bertz CT molecular complexity index is 486. The molecule has 0 saturated heterocycles. The van der Waals surface area contributed by atoms with Crippen molar-refractivity contribution in [3.05, 3.63) is 29.6 Å². The molecule has 1 aromatic rings. The minimum absolute atomic E-state index is 0. The molecule has 0 spiro atoms. The third kappa shape index (κ3) is 8.50. The van der Waals surface area contributed by atoms with Gasteiger partial charge in [0.15, 0.2) is 5.96 Å². The second-order valence-electron chi connectivity index (χ2n) is 6.44. The Morgan fingerprint density at radius 2 is 2.00 bits per heavy atom. The fourth-order valence-corrected chi connectivity index (χ4v) is 2.12. The van der Waals surface area contributed by atoms with Gasteiger partial charge >= 0.3 is 0 Å². The number of aromatic nitrogens is 1. The molecular weight excluding hydrogens is 403 g/mol. The normalized spacial score (nSPS) is 13.2. The standard InChI is InChI=1S/C17H30N4O.HI/c1-7-18-16(20-12-15(22-6)17(3,4)5)19-11-14-10-8-9-13(2)21-14;/h8-10,15H,7,11-12H2,1-6H3,(H2,18,19,20);1H. The highest BCUT2D eigenvalue weighted by atomic mass is 127. The maximum Gasteiger partial charge on any atom is 0.191 e. The minimum Gasteiger partial charge on any atom is -0.379 e. The monoisotopic (exact) mass is 434 g/mol. The van der Waals surface area contributed by atoms with Crippen molar-refractivity contribution in [2.24, 2.45) is 10.4 Å². The maximum atomic E-state index is 5.56. The number of pyridine rings is 1. The number of aryl methyl sites for hydroxylation is 1. The largest absolute Gasteiger partial charge is 0.379 e. The SMILES string of the molecule is CCNC(=NCc1cccc(C)n1)NCC(OC)C(C)(C)C.I. The zero-order chi connectivity index (χ0) is 16.6. The van der Waals surface area contributed by atoms with E-state index in [9.17, 15) is 0 Å². The molecule has 0 amide bonds. The summed E-state index contributed by atoms with van der Waals surface area (Å²) >= 11 is 0. The van der Waals surface area contributed by atoms with E-state index in [-0.39, 0.29) is 35.5 Å². The van der Waals surface area contributed by atoms with Gasteiger partial charge in [-0.2, -0.15) is 0 Å². The summed E-state index contributed by atoms with van der Waals surface area (Å²) in [4.78, 5) is 9.06. The Morgan fingerprint density at radius 1 is 1.30 bits per heavy atom. The van der Waals surface area contributed by atoms with Gasteiger partial charge in [-0.3, -0.25) is 4.98 Å². The molecule has 6 heteroatoms. The molecule has 0 fully saturated rings. The van der Waals surface area contributed by atoms with E-state index in [1.165, 1.54) is 0 Å². The highest BCUT2D eigenvalue weighted by Gasteiger charge is 2.24. The highest BCUT2D eigenvalue weighted by Crippen LogP contribution is 2.20. The quantitative estimate of drug-likeness (QED) is 0.411. The summed E-state index contributed by atoms with van der Waals surface area (Å²) in [6.07, 6.45) is 0.119. The van der Waals surface area contributed by atoms with Gasteiger partial charge in [-0.1, -0.05) is 26.8 Å². The molecule has 23 heavy (non-hydrogen) atoms. The van der Waals surface area contributed by atoms with Crippen LogP contribution in [0.3, 0.4) is 0 Å². The molecule has 5 nitrogen and oxygen atoms in total. The van der Waals surface area contributed by atoms with E-state index in [1.54, 1.807) is 7.11 Å². The van der Waals surface area contributed by atoms with Crippen molar-refractivity contribution in [2.75, 3.05) is 20.2 Å². The van der Waals surface area contributed by atoms with Crippen molar-refractivity contribution in [1.29, 1.82) is 0 Å². The Hall–Kier alpha value is -0.890. The average Bonchev–Trinajstić information content (AvgIpc) is 2.44. The van der Waals surface area contributed by atoms with Crippen LogP contribution in [0.5, 0.6) is 0 Å². The van der Waals surface area contributed by atoms with Crippen molar-refractivity contribution in [3.63, 3.8) is 0 Å². The lowest BCUT2D eigenvalue weighted by Gasteiger charge is -2.30. The second kappa shape index (κ2) is 10.8. The lowest BCUT2D eigenvalue weighted by Crippen LogP contribution is -2.45. The molecule has 2 N–H and O–H groups in total. The van der Waals surface area contributed by atoms with Crippen molar-refractivity contribution < 1.29 is 4.74 Å². The summed E-state index contributed by atoms with van der Waals surface area (Å²) in [7, 11) is 1.75. The lowest BCUT2D eigenvalue weighted by molar-refractivity contribution is 0.0205. The number of hydrogen-bond donors (Lipinski definition) is 2. The molecule has 1 aromatic heterocycles. The third-order valence-corrected chi connectivity index (χ3v) is 3.39. The van der Waals surface area contributed by atoms with Crippen LogP contribution < -0.4 is 10.6 Å². The number of nitrogens with zero attached hydrogens (tertiary/aromatic N) is 2. The molecule has 0 saturated carbocycles. The number of nitrogens with one attached hydrogen (secondary N) is 2. The smallest absolute Gasteiger partial charge is 0.191 e. The predicted molar refractivity (Wildman–Crippen MR) is 107 cm³/mol. The van der Waals surface area contributed by atoms with E-state index >= 15 is 0 Å². The first-order valence-corrected chi connectivity index (χ1v) is 7.84. The first kappa shape index (κ1) is 22.1. The first-order valence-electron chi connectivity index (χ1n) is 7.84. The molecule has 0 aliphatic rings. The van der Waals surface area contributed by atoms with Crippen LogP contribution >= 0.6 is 24.0 Å². The number of guanidine groups is 1. The number of rotatable bonds is 6. The van der Waals surface area contributed by atoms with E-state index in [0.29, 0.717) is 13.1 Å². The van der Waals surface area contributed by atoms with Gasteiger partial charge in [-0.25, -0.2) is 4.99 Å². The average molecular weight is 434 g/mol. The number of ether oxygens (including phenoxy) is 1. The fraction of sp³-hybridized carbons (Fsp3) is 0.647. The molecule has 1 heterocycles. The molecule has 0 aliphatic heterocycles. The van der Waals surface area contributed by atoms with Gasteiger partial charge in [0.2, 0.25) is 0 Å². The summed E-state index contributed by atoms with van der Waals surface area (Å²) in [5.41, 5.74) is 2.06. The first-order chi connectivity index (χ1) is 10.4. The van der Waals surface area contributed by atoms with Crippen LogP contribution in [0.4, 0.5) is 0 Å². The number of aliphatic imine (C=N–C) groups is 1. The molecule has 132 valence electrons. The topological polar surface area (TPSA) is 58.5 Å². The van der Waals surface area contributed by atoms with Gasteiger partial charge in [-0.15, -0.1) is 24.0 Å². The van der Waals surface area contributed by atoms with Crippen LogP contribution in [-0.2, 0) is 11.3 Å². The summed E-state index contributed by atoms with van der Waals surface area (Å²) in [5.74, 6) is 0.789. The van der Waals surface area contributed by atoms with Gasteiger partial charge in [0.1, 0.15) is 0 Å². The van der Waals surface area contributed by atoms with Crippen LogP contribution in [-0.4, -0.2) is 37.2 Å². The molecule has 0 aliphatic carbocycles. The molecule has 1 unspecified atom stereocenters. The van der Waals surface area contributed by atoms with E-state index < -0.39 is 0 Å².